The molecule has 0 radical (unpaired) electrons. The molecule has 2 N–H and O–H groups in total. The summed E-state index contributed by atoms with van der Waals surface area (Å²) in [7, 11) is 1.59. The molecule has 0 aliphatic heterocycles. The van der Waals surface area contributed by atoms with Crippen molar-refractivity contribution < 1.29 is 14.3 Å². The third-order valence-electron chi connectivity index (χ3n) is 3.42. The summed E-state index contributed by atoms with van der Waals surface area (Å²) in [6, 6.07) is 12.6. The smallest absolute Gasteiger partial charge is 0.269 e. The van der Waals surface area contributed by atoms with Gasteiger partial charge in [0.2, 0.25) is 0 Å². The van der Waals surface area contributed by atoms with Gasteiger partial charge in [0.15, 0.2) is 0 Å². The van der Waals surface area contributed by atoms with Gasteiger partial charge in [0, 0.05) is 18.2 Å². The number of hydrogen-bond donors (Lipinski definition) is 2. The second kappa shape index (κ2) is 7.56. The first-order valence-electron chi connectivity index (χ1n) is 7.27. The first-order valence-corrected chi connectivity index (χ1v) is 7.27. The van der Waals surface area contributed by atoms with Crippen molar-refractivity contribution in [2.45, 2.75) is 20.5 Å². The van der Waals surface area contributed by atoms with Crippen molar-refractivity contribution in [3.05, 3.63) is 70.3 Å². The van der Waals surface area contributed by atoms with Crippen LogP contribution >= 0.6 is 0 Å². The SMILES string of the molecule is COCc1cccc(C(=O)NNC(=O)c2ccc(C)cc2C)c1. The average Bonchev–Trinajstić information content (AvgIpc) is 2.53. The van der Waals surface area contributed by atoms with Crippen LogP contribution in [0, 0.1) is 13.8 Å². The first-order chi connectivity index (χ1) is 11.0. The Morgan fingerprint density at radius 2 is 1.74 bits per heavy atom. The summed E-state index contributed by atoms with van der Waals surface area (Å²) >= 11 is 0. The van der Waals surface area contributed by atoms with Gasteiger partial charge in [-0.1, -0.05) is 29.8 Å². The summed E-state index contributed by atoms with van der Waals surface area (Å²) < 4.78 is 5.04. The highest BCUT2D eigenvalue weighted by Gasteiger charge is 2.11. The van der Waals surface area contributed by atoms with Crippen molar-refractivity contribution >= 4 is 11.8 Å². The predicted octanol–water partition coefficient (Wildman–Crippen LogP) is 2.52. The fourth-order valence-electron chi connectivity index (χ4n) is 2.29. The highest BCUT2D eigenvalue weighted by atomic mass is 16.5. The minimum atomic E-state index is -0.374. The second-order valence-corrected chi connectivity index (χ2v) is 5.36. The third kappa shape index (κ3) is 4.40. The van der Waals surface area contributed by atoms with Crippen LogP contribution in [0.1, 0.15) is 37.4 Å². The monoisotopic (exact) mass is 312 g/mol. The zero-order chi connectivity index (χ0) is 16.8. The summed E-state index contributed by atoms with van der Waals surface area (Å²) in [5.74, 6) is -0.718. The molecule has 5 nitrogen and oxygen atoms in total. The lowest BCUT2D eigenvalue weighted by atomic mass is 10.1. The molecule has 23 heavy (non-hydrogen) atoms. The fraction of sp³-hybridized carbons (Fsp3) is 0.222. The van der Waals surface area contributed by atoms with Crippen molar-refractivity contribution in [3.8, 4) is 0 Å². The topological polar surface area (TPSA) is 67.4 Å². The second-order valence-electron chi connectivity index (χ2n) is 5.36. The molecule has 2 aromatic carbocycles. The van der Waals surface area contributed by atoms with Crippen LogP contribution in [0.15, 0.2) is 42.5 Å². The minimum Gasteiger partial charge on any atom is -0.380 e. The summed E-state index contributed by atoms with van der Waals surface area (Å²) in [6.07, 6.45) is 0. The predicted molar refractivity (Wildman–Crippen MR) is 88.0 cm³/mol. The molecular formula is C18H20N2O3. The molecule has 2 aromatic rings. The summed E-state index contributed by atoms with van der Waals surface area (Å²) in [5, 5.41) is 0. The Kier molecular flexibility index (Phi) is 5.49. The van der Waals surface area contributed by atoms with E-state index >= 15 is 0 Å². The molecule has 0 unspecified atom stereocenters. The van der Waals surface area contributed by atoms with Crippen molar-refractivity contribution in [1.82, 2.24) is 10.9 Å². The van der Waals surface area contributed by atoms with Crippen LogP contribution in [0.2, 0.25) is 0 Å². The maximum absolute atomic E-state index is 12.1. The Labute approximate surface area is 135 Å². The summed E-state index contributed by atoms with van der Waals surface area (Å²) in [5.41, 5.74) is 8.69. The van der Waals surface area contributed by atoms with Crippen molar-refractivity contribution in [3.63, 3.8) is 0 Å². The maximum atomic E-state index is 12.1. The number of benzene rings is 2. The van der Waals surface area contributed by atoms with Gasteiger partial charge < -0.3 is 4.74 Å². The third-order valence-corrected chi connectivity index (χ3v) is 3.42. The number of aryl methyl sites for hydroxylation is 2. The molecule has 0 heterocycles. The molecule has 0 fully saturated rings. The molecule has 0 aliphatic rings. The Hall–Kier alpha value is -2.66. The quantitative estimate of drug-likeness (QED) is 0.853. The lowest BCUT2D eigenvalue weighted by Crippen LogP contribution is -2.41. The number of hydrazine groups is 1. The van der Waals surface area contributed by atoms with Crippen LogP contribution in [0.5, 0.6) is 0 Å². The van der Waals surface area contributed by atoms with Crippen molar-refractivity contribution in [2.24, 2.45) is 0 Å². The average molecular weight is 312 g/mol. The van der Waals surface area contributed by atoms with Crippen LogP contribution < -0.4 is 10.9 Å². The Morgan fingerprint density at radius 1 is 1.00 bits per heavy atom. The van der Waals surface area contributed by atoms with Crippen molar-refractivity contribution in [2.75, 3.05) is 7.11 Å². The van der Waals surface area contributed by atoms with E-state index in [4.69, 9.17) is 4.74 Å². The highest BCUT2D eigenvalue weighted by molar-refractivity contribution is 5.99. The maximum Gasteiger partial charge on any atom is 0.269 e. The highest BCUT2D eigenvalue weighted by Crippen LogP contribution is 2.10. The molecule has 0 spiro atoms. The van der Waals surface area contributed by atoms with E-state index in [0.29, 0.717) is 17.7 Å². The Morgan fingerprint density at radius 3 is 2.43 bits per heavy atom. The molecule has 0 bridgehead atoms. The van der Waals surface area contributed by atoms with E-state index in [1.165, 1.54) is 0 Å². The number of amides is 2. The van der Waals surface area contributed by atoms with Crippen LogP contribution in [-0.2, 0) is 11.3 Å². The number of carbonyl (C=O) groups excluding carboxylic acids is 2. The number of hydrogen-bond acceptors (Lipinski definition) is 3. The van der Waals surface area contributed by atoms with E-state index in [9.17, 15) is 9.59 Å². The molecule has 0 atom stereocenters. The van der Waals surface area contributed by atoms with Gasteiger partial charge in [0.25, 0.3) is 11.8 Å². The molecule has 0 aromatic heterocycles. The molecule has 2 amide bonds. The molecule has 0 saturated carbocycles. The first kappa shape index (κ1) is 16.7. The van der Waals surface area contributed by atoms with Gasteiger partial charge in [0.1, 0.15) is 0 Å². The number of methoxy groups -OCH3 is 1. The largest absolute Gasteiger partial charge is 0.380 e. The van der Waals surface area contributed by atoms with Gasteiger partial charge in [-0.2, -0.15) is 0 Å². The fourth-order valence-corrected chi connectivity index (χ4v) is 2.29. The number of ether oxygens (including phenoxy) is 1. The van der Waals surface area contributed by atoms with Gasteiger partial charge in [-0.3, -0.25) is 20.4 Å². The van der Waals surface area contributed by atoms with E-state index in [1.54, 1.807) is 31.4 Å². The van der Waals surface area contributed by atoms with Gasteiger partial charge in [-0.05, 0) is 43.2 Å². The Balaban J connectivity index is 2.01. The van der Waals surface area contributed by atoms with E-state index in [1.807, 2.05) is 32.0 Å². The van der Waals surface area contributed by atoms with Crippen LogP contribution in [0.25, 0.3) is 0 Å². The lowest BCUT2D eigenvalue weighted by molar-refractivity contribution is 0.0846. The van der Waals surface area contributed by atoms with E-state index in [-0.39, 0.29) is 11.8 Å². The molecular weight excluding hydrogens is 292 g/mol. The van der Waals surface area contributed by atoms with Crippen LogP contribution in [-0.4, -0.2) is 18.9 Å². The molecule has 5 heteroatoms. The number of rotatable bonds is 4. The standard InChI is InChI=1S/C18H20N2O3/c1-12-7-8-16(13(2)9-12)18(22)20-19-17(21)15-6-4-5-14(10-15)11-23-3/h4-10H,11H2,1-3H3,(H,19,21)(H,20,22). The van der Waals surface area contributed by atoms with Gasteiger partial charge in [-0.15, -0.1) is 0 Å². The molecule has 120 valence electrons. The summed E-state index contributed by atoms with van der Waals surface area (Å²) in [4.78, 5) is 24.2. The molecule has 0 saturated heterocycles. The van der Waals surface area contributed by atoms with Crippen LogP contribution in [0.4, 0.5) is 0 Å². The zero-order valence-electron chi connectivity index (χ0n) is 13.5. The van der Waals surface area contributed by atoms with E-state index in [0.717, 1.165) is 16.7 Å². The normalized spacial score (nSPS) is 10.2. The van der Waals surface area contributed by atoms with Crippen molar-refractivity contribution in [1.29, 1.82) is 0 Å². The van der Waals surface area contributed by atoms with E-state index in [2.05, 4.69) is 10.9 Å². The number of nitrogens with one attached hydrogen (secondary N) is 2. The number of carbonyl (C=O) groups is 2. The summed E-state index contributed by atoms with van der Waals surface area (Å²) in [6.45, 7) is 4.25. The minimum absolute atomic E-state index is 0.344. The Bertz CT molecular complexity index is 726. The van der Waals surface area contributed by atoms with Gasteiger partial charge in [0.05, 0.1) is 6.61 Å². The van der Waals surface area contributed by atoms with Gasteiger partial charge >= 0.3 is 0 Å². The van der Waals surface area contributed by atoms with Gasteiger partial charge in [-0.25, -0.2) is 0 Å². The molecule has 0 aliphatic carbocycles. The van der Waals surface area contributed by atoms with Crippen LogP contribution in [0.3, 0.4) is 0 Å². The molecule has 2 rings (SSSR count). The lowest BCUT2D eigenvalue weighted by Gasteiger charge is -2.10. The van der Waals surface area contributed by atoms with E-state index < -0.39 is 0 Å². The zero-order valence-corrected chi connectivity index (χ0v) is 13.5.